The number of hydrogen-bond donors (Lipinski definition) is 3. The SMILES string of the molecule is CCC/C=C\CCCCCCCC(=O)OC(CCCCCCCCCCC)CC(=O)NC(CO)C(O)CCCCCCCCCCCCCCCCCC. The largest absolute Gasteiger partial charge is 0.462 e. The van der Waals surface area contributed by atoms with E-state index in [1.807, 2.05) is 0 Å². The third-order valence-corrected chi connectivity index (χ3v) is 11.1. The van der Waals surface area contributed by atoms with Gasteiger partial charge in [0.05, 0.1) is 25.2 Å². The monoisotopic (exact) mass is 764 g/mol. The lowest BCUT2D eigenvalue weighted by Crippen LogP contribution is -2.46. The summed E-state index contributed by atoms with van der Waals surface area (Å²) in [5.41, 5.74) is 0. The van der Waals surface area contributed by atoms with Crippen molar-refractivity contribution in [1.29, 1.82) is 0 Å². The summed E-state index contributed by atoms with van der Waals surface area (Å²) in [7, 11) is 0. The molecule has 3 N–H and O–H groups in total. The highest BCUT2D eigenvalue weighted by Gasteiger charge is 2.24. The molecule has 0 bridgehead atoms. The summed E-state index contributed by atoms with van der Waals surface area (Å²) in [6.07, 6.45) is 45.6. The van der Waals surface area contributed by atoms with Crippen molar-refractivity contribution in [3.05, 3.63) is 12.2 Å². The smallest absolute Gasteiger partial charge is 0.306 e. The van der Waals surface area contributed by atoms with Crippen LogP contribution in [-0.2, 0) is 14.3 Å². The Hall–Kier alpha value is -1.40. The zero-order valence-electron chi connectivity index (χ0n) is 36.4. The Morgan fingerprint density at radius 3 is 1.39 bits per heavy atom. The molecule has 6 nitrogen and oxygen atoms in total. The van der Waals surface area contributed by atoms with Gasteiger partial charge in [-0.3, -0.25) is 9.59 Å². The average molecular weight is 764 g/mol. The van der Waals surface area contributed by atoms with Crippen molar-refractivity contribution < 1.29 is 24.5 Å². The highest BCUT2D eigenvalue weighted by molar-refractivity contribution is 5.77. The van der Waals surface area contributed by atoms with Crippen LogP contribution in [0, 0.1) is 0 Å². The first-order valence-corrected chi connectivity index (χ1v) is 23.9. The summed E-state index contributed by atoms with van der Waals surface area (Å²) in [6, 6.07) is -0.694. The first kappa shape index (κ1) is 52.6. The van der Waals surface area contributed by atoms with E-state index in [-0.39, 0.29) is 24.9 Å². The lowest BCUT2D eigenvalue weighted by molar-refractivity contribution is -0.151. The summed E-state index contributed by atoms with van der Waals surface area (Å²) in [5, 5.41) is 23.7. The van der Waals surface area contributed by atoms with Gasteiger partial charge in [-0.2, -0.15) is 0 Å². The lowest BCUT2D eigenvalue weighted by Gasteiger charge is -2.24. The fourth-order valence-electron chi connectivity index (χ4n) is 7.43. The average Bonchev–Trinajstić information content (AvgIpc) is 3.16. The molecule has 0 saturated heterocycles. The van der Waals surface area contributed by atoms with Gasteiger partial charge in [-0.05, 0) is 44.9 Å². The van der Waals surface area contributed by atoms with Crippen molar-refractivity contribution in [2.45, 2.75) is 277 Å². The van der Waals surface area contributed by atoms with E-state index in [2.05, 4.69) is 38.2 Å². The van der Waals surface area contributed by atoms with Crippen LogP contribution in [0.25, 0.3) is 0 Å². The molecule has 0 aliphatic rings. The summed E-state index contributed by atoms with van der Waals surface area (Å²) < 4.78 is 5.88. The van der Waals surface area contributed by atoms with E-state index in [1.165, 1.54) is 154 Å². The van der Waals surface area contributed by atoms with Crippen LogP contribution in [0.1, 0.15) is 258 Å². The molecule has 1 amide bonds. The highest BCUT2D eigenvalue weighted by atomic mass is 16.5. The van der Waals surface area contributed by atoms with Crippen LogP contribution >= 0.6 is 0 Å². The molecule has 0 aliphatic carbocycles. The van der Waals surface area contributed by atoms with Crippen LogP contribution in [0.5, 0.6) is 0 Å². The summed E-state index contributed by atoms with van der Waals surface area (Å²) in [5.74, 6) is -0.477. The number of allylic oxidation sites excluding steroid dienone is 2. The standard InChI is InChI=1S/C48H93NO5/c1-4-7-10-13-16-19-21-22-23-24-25-26-28-31-34-37-40-46(51)45(43-50)49-47(52)42-44(39-36-33-30-27-18-15-12-9-6-3)54-48(53)41-38-35-32-29-20-17-14-11-8-5-2/h11,14,44-46,50-51H,4-10,12-13,15-43H2,1-3H3,(H,49,52)/b14-11-. The van der Waals surface area contributed by atoms with E-state index >= 15 is 0 Å². The van der Waals surface area contributed by atoms with Crippen molar-refractivity contribution >= 4 is 11.9 Å². The van der Waals surface area contributed by atoms with Crippen molar-refractivity contribution in [1.82, 2.24) is 5.32 Å². The van der Waals surface area contributed by atoms with Crippen LogP contribution in [0.4, 0.5) is 0 Å². The zero-order valence-corrected chi connectivity index (χ0v) is 36.4. The first-order valence-electron chi connectivity index (χ1n) is 23.9. The van der Waals surface area contributed by atoms with Gasteiger partial charge in [0.15, 0.2) is 0 Å². The second-order valence-electron chi connectivity index (χ2n) is 16.5. The number of esters is 1. The van der Waals surface area contributed by atoms with E-state index in [9.17, 15) is 19.8 Å². The second-order valence-corrected chi connectivity index (χ2v) is 16.5. The molecule has 6 heteroatoms. The number of rotatable bonds is 43. The zero-order chi connectivity index (χ0) is 39.6. The third-order valence-electron chi connectivity index (χ3n) is 11.1. The van der Waals surface area contributed by atoms with Gasteiger partial charge < -0.3 is 20.3 Å². The molecule has 0 aromatic heterocycles. The molecule has 0 radical (unpaired) electrons. The Bertz CT molecular complexity index is 817. The molecule has 0 saturated carbocycles. The molecular formula is C48H93NO5. The minimum Gasteiger partial charge on any atom is -0.462 e. The van der Waals surface area contributed by atoms with Crippen LogP contribution in [0.2, 0.25) is 0 Å². The maximum atomic E-state index is 13.1. The van der Waals surface area contributed by atoms with Gasteiger partial charge in [-0.25, -0.2) is 0 Å². The fourth-order valence-corrected chi connectivity index (χ4v) is 7.43. The number of carbonyl (C=O) groups is 2. The summed E-state index contributed by atoms with van der Waals surface area (Å²) >= 11 is 0. The van der Waals surface area contributed by atoms with Crippen LogP contribution in [0.15, 0.2) is 12.2 Å². The Morgan fingerprint density at radius 2 is 0.926 bits per heavy atom. The Labute approximate surface area is 336 Å². The molecule has 0 fully saturated rings. The van der Waals surface area contributed by atoms with Gasteiger partial charge in [0.2, 0.25) is 5.91 Å². The molecular weight excluding hydrogens is 671 g/mol. The molecule has 54 heavy (non-hydrogen) atoms. The molecule has 3 unspecified atom stereocenters. The predicted molar refractivity (Wildman–Crippen MR) is 232 cm³/mol. The number of nitrogens with one attached hydrogen (secondary N) is 1. The lowest BCUT2D eigenvalue weighted by atomic mass is 10.0. The number of amides is 1. The molecule has 3 atom stereocenters. The van der Waals surface area contributed by atoms with Gasteiger partial charge in [-0.15, -0.1) is 0 Å². The normalized spacial score (nSPS) is 13.4. The number of unbranched alkanes of at least 4 members (excludes halogenated alkanes) is 29. The number of carbonyl (C=O) groups excluding carboxylic acids is 2. The van der Waals surface area contributed by atoms with Crippen LogP contribution in [-0.4, -0.2) is 46.9 Å². The Morgan fingerprint density at radius 1 is 0.519 bits per heavy atom. The summed E-state index contributed by atoms with van der Waals surface area (Å²) in [4.78, 5) is 25.9. The van der Waals surface area contributed by atoms with Gasteiger partial charge in [-0.1, -0.05) is 213 Å². The van der Waals surface area contributed by atoms with Gasteiger partial charge in [0, 0.05) is 6.42 Å². The molecule has 320 valence electrons. The quantitative estimate of drug-likeness (QED) is 0.0326. The maximum absolute atomic E-state index is 13.1. The second kappa shape index (κ2) is 42.7. The molecule has 0 heterocycles. The molecule has 0 aromatic rings. The highest BCUT2D eigenvalue weighted by Crippen LogP contribution is 2.18. The van der Waals surface area contributed by atoms with E-state index in [1.54, 1.807) is 0 Å². The molecule has 0 rings (SSSR count). The van der Waals surface area contributed by atoms with Crippen LogP contribution in [0.3, 0.4) is 0 Å². The van der Waals surface area contributed by atoms with E-state index in [0.29, 0.717) is 19.3 Å². The summed E-state index contributed by atoms with van der Waals surface area (Å²) in [6.45, 7) is 6.42. The molecule has 0 spiro atoms. The predicted octanol–water partition coefficient (Wildman–Crippen LogP) is 13.8. The number of aliphatic hydroxyl groups excluding tert-OH is 2. The topological polar surface area (TPSA) is 95.9 Å². The molecule has 0 aliphatic heterocycles. The number of ether oxygens (including phenoxy) is 1. The van der Waals surface area contributed by atoms with E-state index < -0.39 is 18.2 Å². The maximum Gasteiger partial charge on any atom is 0.306 e. The number of hydrogen-bond acceptors (Lipinski definition) is 5. The van der Waals surface area contributed by atoms with E-state index in [0.717, 1.165) is 57.8 Å². The Balaban J connectivity index is 4.41. The van der Waals surface area contributed by atoms with Gasteiger partial charge in [0.1, 0.15) is 6.10 Å². The minimum absolute atomic E-state index is 0.0799. The third kappa shape index (κ3) is 37.5. The van der Waals surface area contributed by atoms with Crippen LogP contribution < -0.4 is 5.32 Å². The van der Waals surface area contributed by atoms with Crippen molar-refractivity contribution in [3.63, 3.8) is 0 Å². The first-order chi connectivity index (χ1) is 26.5. The molecule has 0 aromatic carbocycles. The van der Waals surface area contributed by atoms with Crippen molar-refractivity contribution in [3.8, 4) is 0 Å². The number of aliphatic hydroxyl groups is 2. The van der Waals surface area contributed by atoms with Crippen molar-refractivity contribution in [2.75, 3.05) is 6.61 Å². The fraction of sp³-hybridized carbons (Fsp3) is 0.917. The van der Waals surface area contributed by atoms with Gasteiger partial charge in [0.25, 0.3) is 0 Å². The van der Waals surface area contributed by atoms with Gasteiger partial charge >= 0.3 is 5.97 Å². The van der Waals surface area contributed by atoms with E-state index in [4.69, 9.17) is 4.74 Å². The Kier molecular flexibility index (Phi) is 41.6. The minimum atomic E-state index is -0.781. The van der Waals surface area contributed by atoms with Crippen molar-refractivity contribution in [2.24, 2.45) is 0 Å².